The first kappa shape index (κ1) is 17.8. The lowest BCUT2D eigenvalue weighted by molar-refractivity contribution is 0.0690. The second kappa shape index (κ2) is 8.42. The van der Waals surface area contributed by atoms with Gasteiger partial charge in [0.25, 0.3) is 5.91 Å². The summed E-state index contributed by atoms with van der Waals surface area (Å²) in [6, 6.07) is 9.04. The number of nitrogens with zero attached hydrogens (tertiary/aromatic N) is 2. The summed E-state index contributed by atoms with van der Waals surface area (Å²) in [7, 11) is 0. The third-order valence-electron chi connectivity index (χ3n) is 4.50. The Hall–Kier alpha value is -2.96. The van der Waals surface area contributed by atoms with Crippen molar-refractivity contribution >= 4 is 17.6 Å². The molecule has 1 aliphatic rings. The van der Waals surface area contributed by atoms with Gasteiger partial charge in [0, 0.05) is 37.6 Å². The molecule has 3 rings (SSSR count). The van der Waals surface area contributed by atoms with Crippen LogP contribution in [0.3, 0.4) is 0 Å². The molecule has 0 atom stereocenters. The van der Waals surface area contributed by atoms with Crippen molar-refractivity contribution in [2.75, 3.05) is 25.0 Å². The Morgan fingerprint density at radius 3 is 2.50 bits per heavy atom. The molecule has 7 heteroatoms. The van der Waals surface area contributed by atoms with Crippen LogP contribution in [0.2, 0.25) is 0 Å². The number of nitrogens with one attached hydrogen (secondary N) is 2. The van der Waals surface area contributed by atoms with E-state index in [1.165, 1.54) is 12.1 Å². The summed E-state index contributed by atoms with van der Waals surface area (Å²) >= 11 is 0. The first-order valence-electron chi connectivity index (χ1n) is 8.62. The average Bonchev–Trinajstić information content (AvgIpc) is 2.69. The highest BCUT2D eigenvalue weighted by molar-refractivity contribution is 5.94. The molecule has 1 aromatic carbocycles. The van der Waals surface area contributed by atoms with Crippen molar-refractivity contribution in [3.8, 4) is 0 Å². The van der Waals surface area contributed by atoms with Gasteiger partial charge < -0.3 is 15.5 Å². The molecule has 3 amide bonds. The van der Waals surface area contributed by atoms with E-state index in [0.29, 0.717) is 31.1 Å². The zero-order chi connectivity index (χ0) is 18.4. The van der Waals surface area contributed by atoms with Crippen molar-refractivity contribution in [1.82, 2.24) is 15.2 Å². The van der Waals surface area contributed by atoms with Crippen LogP contribution in [-0.4, -0.2) is 41.5 Å². The lowest BCUT2D eigenvalue weighted by Gasteiger charge is -2.32. The van der Waals surface area contributed by atoms with Crippen molar-refractivity contribution in [3.63, 3.8) is 0 Å². The summed E-state index contributed by atoms with van der Waals surface area (Å²) < 4.78 is 13.5. The molecule has 0 radical (unpaired) electrons. The van der Waals surface area contributed by atoms with Gasteiger partial charge in [0.05, 0.1) is 5.69 Å². The van der Waals surface area contributed by atoms with Gasteiger partial charge in [0.2, 0.25) is 0 Å². The van der Waals surface area contributed by atoms with Gasteiger partial charge in [-0.25, -0.2) is 9.18 Å². The van der Waals surface area contributed by atoms with E-state index in [1.54, 1.807) is 36.7 Å². The fraction of sp³-hybridized carbons (Fsp3) is 0.316. The molecule has 0 unspecified atom stereocenters. The lowest BCUT2D eigenvalue weighted by atomic mass is 9.96. The fourth-order valence-electron chi connectivity index (χ4n) is 2.98. The summed E-state index contributed by atoms with van der Waals surface area (Å²) in [5.74, 6) is -0.162. The Morgan fingerprint density at radius 2 is 1.81 bits per heavy atom. The first-order chi connectivity index (χ1) is 12.6. The van der Waals surface area contributed by atoms with Crippen LogP contribution < -0.4 is 10.6 Å². The van der Waals surface area contributed by atoms with Crippen LogP contribution >= 0.6 is 0 Å². The first-order valence-corrected chi connectivity index (χ1v) is 8.62. The highest BCUT2D eigenvalue weighted by Gasteiger charge is 2.23. The Morgan fingerprint density at radius 1 is 1.12 bits per heavy atom. The largest absolute Gasteiger partial charge is 0.339 e. The van der Waals surface area contributed by atoms with Crippen molar-refractivity contribution < 1.29 is 14.0 Å². The molecule has 1 fully saturated rings. The Kier molecular flexibility index (Phi) is 5.78. The Balaban J connectivity index is 1.42. The molecule has 0 aliphatic carbocycles. The van der Waals surface area contributed by atoms with Crippen LogP contribution in [0.5, 0.6) is 0 Å². The van der Waals surface area contributed by atoms with E-state index in [-0.39, 0.29) is 11.6 Å². The number of carbonyl (C=O) groups is 2. The average molecular weight is 356 g/mol. The second-order valence-corrected chi connectivity index (χ2v) is 6.29. The van der Waals surface area contributed by atoms with E-state index >= 15 is 0 Å². The summed E-state index contributed by atoms with van der Waals surface area (Å²) in [5.41, 5.74) is 0.795. The molecular formula is C19H21FN4O2. The van der Waals surface area contributed by atoms with Gasteiger partial charge in [0.1, 0.15) is 5.82 Å². The monoisotopic (exact) mass is 356 g/mol. The molecule has 0 spiro atoms. The van der Waals surface area contributed by atoms with Gasteiger partial charge in [-0.15, -0.1) is 0 Å². The highest BCUT2D eigenvalue weighted by atomic mass is 19.1. The molecule has 136 valence electrons. The predicted molar refractivity (Wildman–Crippen MR) is 96.3 cm³/mol. The van der Waals surface area contributed by atoms with Gasteiger partial charge in [-0.05, 0) is 43.0 Å². The maximum atomic E-state index is 13.5. The van der Waals surface area contributed by atoms with E-state index < -0.39 is 11.8 Å². The molecule has 6 nitrogen and oxygen atoms in total. The van der Waals surface area contributed by atoms with Crippen LogP contribution in [0.4, 0.5) is 14.9 Å². The molecular weight excluding hydrogens is 335 g/mol. The number of rotatable bonds is 4. The molecule has 2 heterocycles. The van der Waals surface area contributed by atoms with Crippen molar-refractivity contribution in [2.24, 2.45) is 5.92 Å². The molecule has 26 heavy (non-hydrogen) atoms. The standard InChI is InChI=1S/C19H21FN4O2/c20-16-3-1-2-4-17(16)23-19(26)22-13-14-7-11-24(12-8-14)18(25)15-5-9-21-10-6-15/h1-6,9-10,14H,7-8,11-13H2,(H2,22,23,26). The summed E-state index contributed by atoms with van der Waals surface area (Å²) in [4.78, 5) is 30.0. The predicted octanol–water partition coefficient (Wildman–Crippen LogP) is 2.89. The minimum atomic E-state index is -0.467. The molecule has 1 saturated heterocycles. The number of para-hydroxylation sites is 1. The molecule has 1 aromatic heterocycles. The fourth-order valence-corrected chi connectivity index (χ4v) is 2.98. The van der Waals surface area contributed by atoms with Gasteiger partial charge in [-0.2, -0.15) is 0 Å². The summed E-state index contributed by atoms with van der Waals surface area (Å²) in [6.45, 7) is 1.81. The molecule has 1 aliphatic heterocycles. The van der Waals surface area contributed by atoms with E-state index in [1.807, 2.05) is 4.90 Å². The number of benzene rings is 1. The number of hydrogen-bond donors (Lipinski definition) is 2. The van der Waals surface area contributed by atoms with Crippen molar-refractivity contribution in [3.05, 3.63) is 60.2 Å². The number of aromatic nitrogens is 1. The minimum absolute atomic E-state index is 0.0103. The Bertz CT molecular complexity index is 761. The molecule has 0 bridgehead atoms. The molecule has 2 N–H and O–H groups in total. The van der Waals surface area contributed by atoms with E-state index in [9.17, 15) is 14.0 Å². The zero-order valence-corrected chi connectivity index (χ0v) is 14.3. The van der Waals surface area contributed by atoms with Gasteiger partial charge in [0.15, 0.2) is 0 Å². The third-order valence-corrected chi connectivity index (χ3v) is 4.50. The van der Waals surface area contributed by atoms with Crippen LogP contribution in [0, 0.1) is 11.7 Å². The van der Waals surface area contributed by atoms with E-state index in [4.69, 9.17) is 0 Å². The minimum Gasteiger partial charge on any atom is -0.339 e. The van der Waals surface area contributed by atoms with Crippen LogP contribution in [0.15, 0.2) is 48.8 Å². The topological polar surface area (TPSA) is 74.3 Å². The molecule has 0 saturated carbocycles. The van der Waals surface area contributed by atoms with E-state index in [0.717, 1.165) is 12.8 Å². The van der Waals surface area contributed by atoms with E-state index in [2.05, 4.69) is 15.6 Å². The summed E-state index contributed by atoms with van der Waals surface area (Å²) in [5, 5.41) is 5.28. The number of hydrogen-bond acceptors (Lipinski definition) is 3. The maximum Gasteiger partial charge on any atom is 0.319 e. The van der Waals surface area contributed by atoms with Gasteiger partial charge >= 0.3 is 6.03 Å². The summed E-state index contributed by atoms with van der Waals surface area (Å²) in [6.07, 6.45) is 4.85. The van der Waals surface area contributed by atoms with Gasteiger partial charge in [-0.3, -0.25) is 9.78 Å². The van der Waals surface area contributed by atoms with Crippen LogP contribution in [0.1, 0.15) is 23.2 Å². The SMILES string of the molecule is O=C(NCC1CCN(C(=O)c2ccncc2)CC1)Nc1ccccc1F. The number of likely N-dealkylation sites (tertiary alicyclic amines) is 1. The number of urea groups is 1. The van der Waals surface area contributed by atoms with Crippen LogP contribution in [-0.2, 0) is 0 Å². The number of anilines is 1. The maximum absolute atomic E-state index is 13.5. The van der Waals surface area contributed by atoms with Crippen LogP contribution in [0.25, 0.3) is 0 Å². The lowest BCUT2D eigenvalue weighted by Crippen LogP contribution is -2.42. The van der Waals surface area contributed by atoms with Gasteiger partial charge in [-0.1, -0.05) is 12.1 Å². The number of pyridine rings is 1. The highest BCUT2D eigenvalue weighted by Crippen LogP contribution is 2.18. The number of halogens is 1. The van der Waals surface area contributed by atoms with Crippen molar-refractivity contribution in [1.29, 1.82) is 0 Å². The number of carbonyl (C=O) groups excluding carboxylic acids is 2. The smallest absolute Gasteiger partial charge is 0.319 e. The number of piperidine rings is 1. The van der Waals surface area contributed by atoms with Crippen molar-refractivity contribution in [2.45, 2.75) is 12.8 Å². The Labute approximate surface area is 151 Å². The molecule has 2 aromatic rings. The second-order valence-electron chi connectivity index (χ2n) is 6.29. The number of amides is 3. The normalized spacial score (nSPS) is 14.7. The quantitative estimate of drug-likeness (QED) is 0.885. The zero-order valence-electron chi connectivity index (χ0n) is 14.3. The third kappa shape index (κ3) is 4.56.